The molecule has 34 heavy (non-hydrogen) atoms. The van der Waals surface area contributed by atoms with Gasteiger partial charge in [-0.2, -0.15) is 0 Å². The van der Waals surface area contributed by atoms with E-state index in [0.717, 1.165) is 24.0 Å². The van der Waals surface area contributed by atoms with Crippen molar-refractivity contribution in [1.82, 2.24) is 5.32 Å². The number of esters is 1. The Balaban J connectivity index is 1.48. The number of amides is 3. The maximum Gasteiger partial charge on any atom is 0.308 e. The number of hydrogen-bond acceptors (Lipinski definition) is 5. The van der Waals surface area contributed by atoms with Crippen LogP contribution in [-0.2, 0) is 23.9 Å². The van der Waals surface area contributed by atoms with E-state index in [2.05, 4.69) is 10.6 Å². The van der Waals surface area contributed by atoms with Crippen LogP contribution in [0.2, 0.25) is 0 Å². The molecule has 0 saturated heterocycles. The fourth-order valence-corrected chi connectivity index (χ4v) is 4.86. The molecule has 178 valence electrons. The quantitative estimate of drug-likeness (QED) is 0.639. The highest BCUT2D eigenvalue weighted by Gasteiger charge is 2.52. The van der Waals surface area contributed by atoms with Crippen LogP contribution in [0.3, 0.4) is 0 Å². The molecule has 1 heterocycles. The summed E-state index contributed by atoms with van der Waals surface area (Å²) in [5, 5.41) is 5.70. The van der Waals surface area contributed by atoms with Gasteiger partial charge < -0.3 is 15.4 Å². The molecule has 2 N–H and O–H groups in total. The molecule has 1 saturated carbocycles. The molecule has 2 aromatic rings. The first kappa shape index (κ1) is 23.5. The van der Waals surface area contributed by atoms with Gasteiger partial charge in [0.2, 0.25) is 5.91 Å². The van der Waals surface area contributed by atoms with E-state index in [1.807, 2.05) is 37.3 Å². The predicted molar refractivity (Wildman–Crippen MR) is 127 cm³/mol. The first-order chi connectivity index (χ1) is 16.3. The van der Waals surface area contributed by atoms with E-state index in [1.165, 1.54) is 11.8 Å². The summed E-state index contributed by atoms with van der Waals surface area (Å²) in [5.74, 6) is -1.52. The van der Waals surface area contributed by atoms with Gasteiger partial charge in [-0.3, -0.25) is 24.1 Å². The van der Waals surface area contributed by atoms with Crippen LogP contribution >= 0.6 is 0 Å². The van der Waals surface area contributed by atoms with Crippen molar-refractivity contribution in [2.45, 2.75) is 57.5 Å². The van der Waals surface area contributed by atoms with E-state index < -0.39 is 30.1 Å². The largest absolute Gasteiger partial charge is 0.455 e. The number of carbonyl (C=O) groups excluding carboxylic acids is 4. The van der Waals surface area contributed by atoms with Gasteiger partial charge in [0.25, 0.3) is 11.8 Å². The summed E-state index contributed by atoms with van der Waals surface area (Å²) < 4.78 is 5.35. The number of rotatable bonds is 6. The average Bonchev–Trinajstić information content (AvgIpc) is 3.28. The van der Waals surface area contributed by atoms with E-state index in [1.54, 1.807) is 18.2 Å². The molecule has 4 rings (SSSR count). The van der Waals surface area contributed by atoms with E-state index in [9.17, 15) is 19.2 Å². The first-order valence-corrected chi connectivity index (χ1v) is 11.5. The summed E-state index contributed by atoms with van der Waals surface area (Å²) in [6.45, 7) is 2.85. The monoisotopic (exact) mass is 463 g/mol. The molecule has 1 fully saturated rings. The second-order valence-corrected chi connectivity index (χ2v) is 8.97. The summed E-state index contributed by atoms with van der Waals surface area (Å²) in [4.78, 5) is 52.2. The molecule has 0 aromatic heterocycles. The molecule has 1 unspecified atom stereocenters. The molecule has 1 spiro atoms. The summed E-state index contributed by atoms with van der Waals surface area (Å²) in [6.07, 6.45) is 2.69. The lowest BCUT2D eigenvalue weighted by molar-refractivity contribution is -0.149. The Hall–Kier alpha value is -3.68. The van der Waals surface area contributed by atoms with Gasteiger partial charge in [-0.05, 0) is 37.5 Å². The van der Waals surface area contributed by atoms with Gasteiger partial charge in [-0.1, -0.05) is 54.8 Å². The summed E-state index contributed by atoms with van der Waals surface area (Å²) in [6, 6.07) is 14.1. The third-order valence-electron chi connectivity index (χ3n) is 6.51. The van der Waals surface area contributed by atoms with E-state index in [4.69, 9.17) is 4.74 Å². The lowest BCUT2D eigenvalue weighted by Crippen LogP contribution is -2.61. The average molecular weight is 464 g/mol. The molecule has 0 radical (unpaired) electrons. The van der Waals surface area contributed by atoms with Crippen LogP contribution in [-0.4, -0.2) is 35.8 Å². The van der Waals surface area contributed by atoms with Crippen LogP contribution < -0.4 is 15.5 Å². The number of aryl methyl sites for hydroxylation is 1. The smallest absolute Gasteiger partial charge is 0.308 e. The van der Waals surface area contributed by atoms with Crippen molar-refractivity contribution >= 4 is 35.1 Å². The Labute approximate surface area is 198 Å². The van der Waals surface area contributed by atoms with Crippen LogP contribution in [0.4, 0.5) is 11.4 Å². The number of hydrogen-bond donors (Lipinski definition) is 2. The van der Waals surface area contributed by atoms with Crippen molar-refractivity contribution in [3.8, 4) is 0 Å². The number of para-hydroxylation sites is 2. The maximum atomic E-state index is 13.3. The van der Waals surface area contributed by atoms with Crippen LogP contribution in [0.15, 0.2) is 48.5 Å². The van der Waals surface area contributed by atoms with Crippen molar-refractivity contribution in [2.24, 2.45) is 0 Å². The van der Waals surface area contributed by atoms with Gasteiger partial charge in [0.05, 0.1) is 23.8 Å². The Morgan fingerprint density at radius 1 is 1.09 bits per heavy atom. The van der Waals surface area contributed by atoms with E-state index in [0.29, 0.717) is 24.2 Å². The van der Waals surface area contributed by atoms with Gasteiger partial charge in [0.15, 0.2) is 6.61 Å². The third kappa shape index (κ3) is 4.66. The molecule has 1 atom stereocenters. The molecular formula is C26H29N3O5. The predicted octanol–water partition coefficient (Wildman–Crippen LogP) is 3.40. The Kier molecular flexibility index (Phi) is 6.68. The number of nitrogens with one attached hydrogen (secondary N) is 2. The van der Waals surface area contributed by atoms with Crippen molar-refractivity contribution in [1.29, 1.82) is 0 Å². The van der Waals surface area contributed by atoms with Crippen molar-refractivity contribution in [2.75, 3.05) is 16.8 Å². The highest BCUT2D eigenvalue weighted by atomic mass is 16.5. The SMILES string of the molecule is CC(=O)NC(CC(=O)OCC(=O)N1c2ccccc2NC(=O)C12CCCC2)c1ccc(C)cc1. The van der Waals surface area contributed by atoms with Gasteiger partial charge in [0, 0.05) is 6.92 Å². The number of benzene rings is 2. The molecule has 1 aliphatic heterocycles. The number of fused-ring (bicyclic) bond motifs is 1. The molecule has 1 aliphatic carbocycles. The molecular weight excluding hydrogens is 434 g/mol. The maximum absolute atomic E-state index is 13.3. The Morgan fingerprint density at radius 2 is 1.76 bits per heavy atom. The minimum Gasteiger partial charge on any atom is -0.455 e. The van der Waals surface area contributed by atoms with E-state index in [-0.39, 0.29) is 18.2 Å². The minimum atomic E-state index is -0.960. The Morgan fingerprint density at radius 3 is 2.44 bits per heavy atom. The van der Waals surface area contributed by atoms with Crippen LogP contribution in [0.5, 0.6) is 0 Å². The first-order valence-electron chi connectivity index (χ1n) is 11.5. The van der Waals surface area contributed by atoms with E-state index >= 15 is 0 Å². The second kappa shape index (κ2) is 9.67. The number of anilines is 2. The minimum absolute atomic E-state index is 0.113. The van der Waals surface area contributed by atoms with Crippen molar-refractivity contribution in [3.05, 3.63) is 59.7 Å². The highest BCUT2D eigenvalue weighted by Crippen LogP contribution is 2.45. The van der Waals surface area contributed by atoms with Crippen LogP contribution in [0.25, 0.3) is 0 Å². The number of nitrogens with zero attached hydrogens (tertiary/aromatic N) is 1. The van der Waals surface area contributed by atoms with Crippen molar-refractivity contribution in [3.63, 3.8) is 0 Å². The molecule has 8 heteroatoms. The van der Waals surface area contributed by atoms with Gasteiger partial charge in [-0.25, -0.2) is 0 Å². The number of carbonyl (C=O) groups is 4. The topological polar surface area (TPSA) is 105 Å². The van der Waals surface area contributed by atoms with Gasteiger partial charge in [0.1, 0.15) is 5.54 Å². The Bertz CT molecular complexity index is 1110. The standard InChI is InChI=1S/C26H29N3O5/c1-17-9-11-19(12-10-17)21(27-18(2)30)15-24(32)34-16-23(31)29-22-8-4-3-7-20(22)28-25(33)26(29)13-5-6-14-26/h3-4,7-12,21H,5-6,13-16H2,1-2H3,(H,27,30)(H,28,33). The zero-order valence-corrected chi connectivity index (χ0v) is 19.4. The fourth-order valence-electron chi connectivity index (χ4n) is 4.86. The molecule has 3 amide bonds. The molecule has 2 aliphatic rings. The van der Waals surface area contributed by atoms with Crippen LogP contribution in [0, 0.1) is 6.92 Å². The van der Waals surface area contributed by atoms with Gasteiger partial charge in [-0.15, -0.1) is 0 Å². The second-order valence-electron chi connectivity index (χ2n) is 8.97. The zero-order valence-electron chi connectivity index (χ0n) is 19.4. The number of ether oxygens (including phenoxy) is 1. The summed E-state index contributed by atoms with van der Waals surface area (Å²) in [7, 11) is 0. The zero-order chi connectivity index (χ0) is 24.3. The third-order valence-corrected chi connectivity index (χ3v) is 6.51. The van der Waals surface area contributed by atoms with Crippen molar-refractivity contribution < 1.29 is 23.9 Å². The molecule has 2 aromatic carbocycles. The normalized spacial score (nSPS) is 17.0. The van der Waals surface area contributed by atoms with Gasteiger partial charge >= 0.3 is 5.97 Å². The summed E-state index contributed by atoms with van der Waals surface area (Å²) in [5.41, 5.74) is 2.05. The molecule has 8 nitrogen and oxygen atoms in total. The lowest BCUT2D eigenvalue weighted by atomic mass is 9.90. The lowest BCUT2D eigenvalue weighted by Gasteiger charge is -2.44. The highest BCUT2D eigenvalue weighted by molar-refractivity contribution is 6.15. The summed E-state index contributed by atoms with van der Waals surface area (Å²) >= 11 is 0. The fraction of sp³-hybridized carbons (Fsp3) is 0.385. The van der Waals surface area contributed by atoms with Crippen LogP contribution in [0.1, 0.15) is 56.2 Å². The molecule has 0 bridgehead atoms.